The summed E-state index contributed by atoms with van der Waals surface area (Å²) in [6.45, 7) is -0.359. The van der Waals surface area contributed by atoms with Crippen LogP contribution in [0.2, 0.25) is 0 Å². The molecule has 0 unspecified atom stereocenters. The van der Waals surface area contributed by atoms with Crippen LogP contribution in [0.4, 0.5) is 39.8 Å². The number of piperidine rings is 2. The van der Waals surface area contributed by atoms with Crippen LogP contribution >= 0.6 is 0 Å². The van der Waals surface area contributed by atoms with Gasteiger partial charge in [-0.05, 0) is 176 Å². The van der Waals surface area contributed by atoms with Crippen molar-refractivity contribution in [3.63, 3.8) is 0 Å². The predicted molar refractivity (Wildman–Crippen MR) is 490 cm³/mol. The summed E-state index contributed by atoms with van der Waals surface area (Å²) in [7, 11) is 0. The molecule has 6 heteroatoms. The van der Waals surface area contributed by atoms with Crippen LogP contribution < -0.4 is 31.1 Å². The van der Waals surface area contributed by atoms with E-state index in [9.17, 15) is 0 Å². The van der Waals surface area contributed by atoms with Gasteiger partial charge in [0.2, 0.25) is 0 Å². The van der Waals surface area contributed by atoms with Gasteiger partial charge in [0.05, 0.1) is 11.4 Å². The highest BCUT2D eigenvalue weighted by molar-refractivity contribution is 7.00. The quantitative estimate of drug-likeness (QED) is 0.108. The van der Waals surface area contributed by atoms with E-state index < -0.39 is 0 Å². The second-order valence-electron chi connectivity index (χ2n) is 32.9. The van der Waals surface area contributed by atoms with E-state index in [-0.39, 0.29) is 6.71 Å². The van der Waals surface area contributed by atoms with Crippen molar-refractivity contribution in [2.75, 3.05) is 14.7 Å². The van der Waals surface area contributed by atoms with Crippen molar-refractivity contribution in [1.29, 1.82) is 0 Å². The minimum Gasteiger partial charge on any atom is -0.455 e. The Morgan fingerprint density at radius 1 is 0.222 bits per heavy atom. The average Bonchev–Trinajstić information content (AvgIpc) is 1.34. The molecule has 0 spiro atoms. The first-order valence-corrected chi connectivity index (χ1v) is 41.5. The van der Waals surface area contributed by atoms with E-state index in [1.165, 1.54) is 54.2 Å². The van der Waals surface area contributed by atoms with Crippen LogP contribution in [0.15, 0.2) is 397 Å². The van der Waals surface area contributed by atoms with Crippen LogP contribution in [-0.2, 0) is 0 Å². The molecule has 4 fully saturated rings. The summed E-state index contributed by atoms with van der Waals surface area (Å²) in [4.78, 5) is 8.46. The van der Waals surface area contributed by atoms with E-state index in [1.807, 2.05) is 0 Å². The summed E-state index contributed by atoms with van der Waals surface area (Å²) in [5.41, 5.74) is 37.4. The maximum absolute atomic E-state index is 7.46. The number of hydrogen-bond donors (Lipinski definition) is 0. The van der Waals surface area contributed by atoms with Gasteiger partial charge in [0.15, 0.2) is 0 Å². The molecule has 117 heavy (non-hydrogen) atoms. The van der Waals surface area contributed by atoms with E-state index in [4.69, 9.17) is 8.83 Å². The van der Waals surface area contributed by atoms with E-state index in [2.05, 4.69) is 403 Å². The highest BCUT2D eigenvalue weighted by Crippen LogP contribution is 2.59. The van der Waals surface area contributed by atoms with Gasteiger partial charge >= 0.3 is 0 Å². The fraction of sp³-hybridized carbons (Fsp3) is 0.0811. The Balaban J connectivity index is 0.860. The fourth-order valence-electron chi connectivity index (χ4n) is 21.4. The molecular weight excluding hydrogens is 1420 g/mol. The Kier molecular flexibility index (Phi) is 15.7. The van der Waals surface area contributed by atoms with Gasteiger partial charge in [0, 0.05) is 107 Å². The van der Waals surface area contributed by atoms with Gasteiger partial charge in [-0.3, -0.25) is 0 Å². The minimum absolute atomic E-state index is 0.359. The molecule has 2 saturated heterocycles. The lowest BCUT2D eigenvalue weighted by molar-refractivity contribution is 0.0900. The monoisotopic (exact) mass is 1500 g/mol. The van der Waals surface area contributed by atoms with Crippen molar-refractivity contribution in [2.45, 2.75) is 44.2 Å². The molecule has 4 bridgehead atoms. The third-order valence-corrected chi connectivity index (χ3v) is 26.3. The third kappa shape index (κ3) is 11.0. The van der Waals surface area contributed by atoms with Crippen LogP contribution in [0.25, 0.3) is 155 Å². The van der Waals surface area contributed by atoms with Crippen molar-refractivity contribution in [3.8, 4) is 111 Å². The SMILES string of the molecule is c1ccc(-c2cc(-c3ccccc3)c(N3c4ccc(-c5cccc6c5oc5c(-c7ccccc7)cccc56)cc4B4c5cc(-c6cccc7c6oc6c(-c8ccccc8)cccc67)ccc5N(c5c(-c6ccccc6)cc(-c6ccccc6)cc5-c5ccccc5)c5cc(N6C7CC8CC(C7)CC6C8)cc3c54)c(-c3ccccc3)c2)cc1. The molecule has 2 aliphatic carbocycles. The summed E-state index contributed by atoms with van der Waals surface area (Å²) < 4.78 is 14.9. The molecule has 552 valence electrons. The first kappa shape index (κ1) is 67.3. The van der Waals surface area contributed by atoms with E-state index in [0.717, 1.165) is 201 Å². The largest absolute Gasteiger partial charge is 0.455 e. The van der Waals surface area contributed by atoms with E-state index in [1.54, 1.807) is 0 Å². The van der Waals surface area contributed by atoms with Crippen LogP contribution in [0.3, 0.4) is 0 Å². The summed E-state index contributed by atoms with van der Waals surface area (Å²) in [6.07, 6.45) is 6.18. The van der Waals surface area contributed by atoms with Gasteiger partial charge in [-0.15, -0.1) is 0 Å². The Hall–Kier alpha value is -14.2. The molecule has 2 aromatic heterocycles. The molecule has 0 atom stereocenters. The molecule has 6 aliphatic rings. The van der Waals surface area contributed by atoms with E-state index >= 15 is 0 Å². The maximum Gasteiger partial charge on any atom is 0.252 e. The number of benzene rings is 17. The number of furan rings is 2. The van der Waals surface area contributed by atoms with E-state index in [0.29, 0.717) is 12.1 Å². The topological polar surface area (TPSA) is 36.0 Å². The standard InChI is InChI=1S/C111H78BN3O2/c1-9-29-72(30-10-1)82-62-95(76-37-17-5-18-38-76)106(96(63-82)77-39-19-6-20-40-77)114-101-55-53-80(89-47-27-51-93-91-49-25-45-87(108(91)116-110(89)93)74-33-13-3-14-34-74)66-99(101)112-100-67-81(90-48-28-52-94-92-50-26-46-88(109(92)117-111(90)94)75-35-15-4-16-36-75)54-56-102(100)115(104-69-86(68-103(114)105(104)112)113-84-58-70-57-71(60-84)61-85(113)59-70)107-97(78-41-21-7-22-42-78)64-83(73-31-11-2-12-32-73)65-98(107)79-43-23-8-24-44-79/h1-56,62-71,84-85H,57-61H2. The van der Waals surface area contributed by atoms with Gasteiger partial charge in [-0.1, -0.05) is 340 Å². The zero-order valence-electron chi connectivity index (χ0n) is 64.5. The summed E-state index contributed by atoms with van der Waals surface area (Å²) in [5, 5.41) is 4.35. The normalized spacial score (nSPS) is 16.3. The Bertz CT molecular complexity index is 6580. The van der Waals surface area contributed by atoms with Crippen molar-refractivity contribution in [3.05, 3.63) is 388 Å². The van der Waals surface area contributed by atoms with Crippen molar-refractivity contribution in [2.24, 2.45) is 11.8 Å². The summed E-state index contributed by atoms with van der Waals surface area (Å²) in [6, 6.07) is 146. The summed E-state index contributed by atoms with van der Waals surface area (Å²) >= 11 is 0. The van der Waals surface area contributed by atoms with Crippen LogP contribution in [-0.4, -0.2) is 18.8 Å². The number of nitrogens with zero attached hydrogens (tertiary/aromatic N) is 3. The van der Waals surface area contributed by atoms with Gasteiger partial charge < -0.3 is 23.5 Å². The Morgan fingerprint density at radius 3 is 0.812 bits per heavy atom. The van der Waals surface area contributed by atoms with Gasteiger partial charge in [-0.25, -0.2) is 0 Å². The smallest absolute Gasteiger partial charge is 0.252 e. The Labute approximate surface area is 681 Å². The molecule has 25 rings (SSSR count). The molecule has 5 nitrogen and oxygen atoms in total. The molecule has 4 aliphatic heterocycles. The van der Waals surface area contributed by atoms with Crippen LogP contribution in [0, 0.1) is 11.8 Å². The maximum atomic E-state index is 7.46. The molecular formula is C111H78BN3O2. The molecule has 2 saturated carbocycles. The van der Waals surface area contributed by atoms with Crippen molar-refractivity contribution in [1.82, 2.24) is 0 Å². The number of para-hydroxylation sites is 4. The molecule has 6 heterocycles. The van der Waals surface area contributed by atoms with Crippen molar-refractivity contribution >= 4 is 107 Å². The zero-order valence-corrected chi connectivity index (χ0v) is 64.5. The van der Waals surface area contributed by atoms with Crippen LogP contribution in [0.5, 0.6) is 0 Å². The predicted octanol–water partition coefficient (Wildman–Crippen LogP) is 28.0. The fourth-order valence-corrected chi connectivity index (χ4v) is 21.4. The first-order chi connectivity index (χ1) is 58.0. The summed E-state index contributed by atoms with van der Waals surface area (Å²) in [5.74, 6) is 1.48. The highest BCUT2D eigenvalue weighted by Gasteiger charge is 2.50. The minimum atomic E-state index is -0.359. The second-order valence-corrected chi connectivity index (χ2v) is 32.9. The lowest BCUT2D eigenvalue weighted by atomic mass is 9.33. The molecule has 0 N–H and O–H groups in total. The number of rotatable bonds is 13. The lowest BCUT2D eigenvalue weighted by Gasteiger charge is -2.58. The average molecular weight is 1500 g/mol. The molecule has 0 amide bonds. The molecule has 0 radical (unpaired) electrons. The number of fused-ring (bicyclic) bond motifs is 10. The molecule has 19 aromatic rings. The third-order valence-electron chi connectivity index (χ3n) is 26.3. The Morgan fingerprint density at radius 2 is 0.504 bits per heavy atom. The molecule has 17 aromatic carbocycles. The number of hydrogen-bond acceptors (Lipinski definition) is 5. The number of anilines is 7. The lowest BCUT2D eigenvalue weighted by Crippen LogP contribution is -2.62. The zero-order chi connectivity index (χ0) is 76.8. The van der Waals surface area contributed by atoms with Crippen molar-refractivity contribution < 1.29 is 8.83 Å². The van der Waals surface area contributed by atoms with Gasteiger partial charge in [0.1, 0.15) is 22.3 Å². The van der Waals surface area contributed by atoms with Gasteiger partial charge in [0.25, 0.3) is 6.71 Å². The highest BCUT2D eigenvalue weighted by atomic mass is 16.3. The van der Waals surface area contributed by atoms with Gasteiger partial charge in [-0.2, -0.15) is 0 Å². The second kappa shape index (κ2) is 27.3. The van der Waals surface area contributed by atoms with Crippen LogP contribution in [0.1, 0.15) is 32.1 Å². The first-order valence-electron chi connectivity index (χ1n) is 41.5.